The number of nitrogens with one attached hydrogen (secondary N) is 1. The summed E-state index contributed by atoms with van der Waals surface area (Å²) in [5, 5.41) is 12.8. The molecule has 28 heavy (non-hydrogen) atoms. The van der Waals surface area contributed by atoms with Gasteiger partial charge in [-0.05, 0) is 37.1 Å². The molecule has 1 aromatic carbocycles. The number of fused-ring (bicyclic) bond motifs is 1. The standard InChI is InChI=1S/C16H16F8N2OS/c17-16(18,19)13-8-10(15(27)11-5-1-2-7-25-11)9-4-3-6-12(14(9)26-13)28(20,21,22,23)24/h3-4,6,8,11,15,25,27H,1-2,5,7H2/t11-,15+/m1/s1. The van der Waals surface area contributed by atoms with Crippen LogP contribution in [0.2, 0.25) is 0 Å². The molecular weight excluding hydrogens is 420 g/mol. The molecule has 1 fully saturated rings. The maximum atomic E-state index is 13.4. The molecule has 2 atom stereocenters. The van der Waals surface area contributed by atoms with E-state index in [9.17, 15) is 37.7 Å². The van der Waals surface area contributed by atoms with Crippen molar-refractivity contribution < 1.29 is 37.7 Å². The van der Waals surface area contributed by atoms with E-state index in [1.165, 1.54) is 0 Å². The van der Waals surface area contributed by atoms with Crippen LogP contribution >= 0.6 is 10.2 Å². The van der Waals surface area contributed by atoms with Crippen molar-refractivity contribution in [3.63, 3.8) is 0 Å². The van der Waals surface area contributed by atoms with Crippen LogP contribution in [0.3, 0.4) is 0 Å². The topological polar surface area (TPSA) is 45.2 Å². The van der Waals surface area contributed by atoms with Crippen molar-refractivity contribution in [1.29, 1.82) is 0 Å². The highest BCUT2D eigenvalue weighted by Gasteiger charge is 2.66. The SMILES string of the molecule is O[C@@H](c1cc(C(F)(F)F)nc2c(S(F)(F)(F)(F)F)cccc12)[C@H]1CCCCN1. The first kappa shape index (κ1) is 21.1. The average molecular weight is 436 g/mol. The van der Waals surface area contributed by atoms with Gasteiger partial charge in [-0.2, -0.15) is 13.2 Å². The molecule has 0 aliphatic carbocycles. The Bertz CT molecular complexity index is 907. The van der Waals surface area contributed by atoms with Crippen molar-refractivity contribution in [2.45, 2.75) is 42.5 Å². The van der Waals surface area contributed by atoms with Crippen molar-refractivity contribution in [3.05, 3.63) is 35.5 Å². The van der Waals surface area contributed by atoms with Crippen LogP contribution in [0.25, 0.3) is 10.9 Å². The number of benzene rings is 1. The lowest BCUT2D eigenvalue weighted by atomic mass is 9.92. The van der Waals surface area contributed by atoms with Crippen LogP contribution in [0, 0.1) is 0 Å². The van der Waals surface area contributed by atoms with Crippen molar-refractivity contribution in [1.82, 2.24) is 10.3 Å². The lowest BCUT2D eigenvalue weighted by Gasteiger charge is -2.41. The number of hydrogen-bond donors (Lipinski definition) is 2. The summed E-state index contributed by atoms with van der Waals surface area (Å²) in [6.45, 7) is 0.466. The molecule has 0 unspecified atom stereocenters. The molecule has 0 bridgehead atoms. The minimum absolute atomic E-state index is 0.00601. The normalized spacial score (nSPS) is 22.5. The molecule has 3 rings (SSSR count). The Balaban J connectivity index is 2.32. The molecule has 1 aliphatic heterocycles. The van der Waals surface area contributed by atoms with Gasteiger partial charge in [0, 0.05) is 11.4 Å². The van der Waals surface area contributed by atoms with E-state index in [0.29, 0.717) is 31.5 Å². The predicted octanol–water partition coefficient (Wildman–Crippen LogP) is 6.09. The molecule has 1 aliphatic rings. The van der Waals surface area contributed by atoms with Gasteiger partial charge in [-0.25, -0.2) is 4.98 Å². The number of halogens is 8. The lowest BCUT2D eigenvalue weighted by Crippen LogP contribution is -2.39. The maximum absolute atomic E-state index is 13.4. The second-order valence-corrected chi connectivity index (χ2v) is 9.09. The first-order valence-corrected chi connectivity index (χ1v) is 10.2. The van der Waals surface area contributed by atoms with Gasteiger partial charge >= 0.3 is 16.4 Å². The third-order valence-electron chi connectivity index (χ3n) is 4.59. The number of nitrogens with zero attached hydrogens (tertiary/aromatic N) is 1. The van der Waals surface area contributed by atoms with Gasteiger partial charge in [-0.1, -0.05) is 38.0 Å². The highest BCUT2D eigenvalue weighted by atomic mass is 32.5. The quantitative estimate of drug-likeness (QED) is 0.573. The Labute approximate surface area is 154 Å². The number of piperidine rings is 1. The Kier molecular flexibility index (Phi) is 4.46. The molecule has 0 radical (unpaired) electrons. The third kappa shape index (κ3) is 4.18. The monoisotopic (exact) mass is 436 g/mol. The van der Waals surface area contributed by atoms with Gasteiger partial charge in [0.25, 0.3) is 0 Å². The molecule has 1 saturated heterocycles. The first-order chi connectivity index (χ1) is 12.6. The molecule has 0 amide bonds. The fourth-order valence-electron chi connectivity index (χ4n) is 3.31. The van der Waals surface area contributed by atoms with E-state index in [0.717, 1.165) is 12.5 Å². The summed E-state index contributed by atoms with van der Waals surface area (Å²) in [7, 11) is -10.3. The summed E-state index contributed by atoms with van der Waals surface area (Å²) in [6, 6.07) is 1.31. The Morgan fingerprint density at radius 3 is 2.32 bits per heavy atom. The van der Waals surface area contributed by atoms with Crippen LogP contribution in [-0.4, -0.2) is 22.7 Å². The zero-order valence-electron chi connectivity index (χ0n) is 14.1. The number of para-hydroxylation sites is 1. The summed E-state index contributed by atoms with van der Waals surface area (Å²) in [6.07, 6.45) is -5.02. The van der Waals surface area contributed by atoms with Gasteiger partial charge in [0.2, 0.25) is 0 Å². The van der Waals surface area contributed by atoms with Crippen molar-refractivity contribution in [3.8, 4) is 0 Å². The molecule has 1 aromatic heterocycles. The zero-order valence-corrected chi connectivity index (χ0v) is 14.9. The predicted molar refractivity (Wildman–Crippen MR) is 88.7 cm³/mol. The molecule has 2 heterocycles. The van der Waals surface area contributed by atoms with Crippen molar-refractivity contribution >= 4 is 21.1 Å². The molecule has 0 saturated carbocycles. The van der Waals surface area contributed by atoms with E-state index >= 15 is 0 Å². The number of hydrogen-bond acceptors (Lipinski definition) is 3. The second kappa shape index (κ2) is 5.92. The average Bonchev–Trinajstić information content (AvgIpc) is 2.57. The van der Waals surface area contributed by atoms with Crippen LogP contribution in [0.15, 0.2) is 29.2 Å². The van der Waals surface area contributed by atoms with Gasteiger partial charge in [-0.15, -0.1) is 0 Å². The van der Waals surface area contributed by atoms with Crippen molar-refractivity contribution in [2.75, 3.05) is 6.54 Å². The molecule has 2 N–H and O–H groups in total. The first-order valence-electron chi connectivity index (χ1n) is 8.24. The molecule has 158 valence electrons. The minimum Gasteiger partial charge on any atom is -0.387 e. The van der Waals surface area contributed by atoms with E-state index in [2.05, 4.69) is 10.3 Å². The fourth-order valence-corrected chi connectivity index (χ4v) is 4.17. The Morgan fingerprint density at radius 2 is 1.79 bits per heavy atom. The maximum Gasteiger partial charge on any atom is 0.433 e. The summed E-state index contributed by atoms with van der Waals surface area (Å²) < 4.78 is 107. The van der Waals surface area contributed by atoms with Crippen molar-refractivity contribution in [2.24, 2.45) is 0 Å². The van der Waals surface area contributed by atoms with Gasteiger partial charge in [0.1, 0.15) is 10.6 Å². The van der Waals surface area contributed by atoms with Gasteiger partial charge in [0.15, 0.2) is 0 Å². The van der Waals surface area contributed by atoms with Gasteiger partial charge in [0.05, 0.1) is 11.6 Å². The second-order valence-electron chi connectivity index (χ2n) is 6.72. The molecule has 0 spiro atoms. The minimum atomic E-state index is -10.3. The number of aliphatic hydroxyl groups excluding tert-OH is 1. The molecular formula is C16H16F8N2OS. The van der Waals surface area contributed by atoms with E-state index in [1.54, 1.807) is 0 Å². The van der Waals surface area contributed by atoms with E-state index in [1.807, 2.05) is 0 Å². The van der Waals surface area contributed by atoms with Crippen LogP contribution in [0.1, 0.15) is 36.6 Å². The molecule has 12 heteroatoms. The Hall–Kier alpha value is -1.66. The number of aromatic nitrogens is 1. The lowest BCUT2D eigenvalue weighted by molar-refractivity contribution is -0.141. The number of pyridine rings is 1. The van der Waals surface area contributed by atoms with Crippen LogP contribution in [-0.2, 0) is 6.18 Å². The highest BCUT2D eigenvalue weighted by Crippen LogP contribution is 3.02. The van der Waals surface area contributed by atoms with E-state index < -0.39 is 55.6 Å². The van der Waals surface area contributed by atoms with Crippen LogP contribution in [0.5, 0.6) is 0 Å². The smallest absolute Gasteiger partial charge is 0.387 e. The van der Waals surface area contributed by atoms with E-state index in [-0.39, 0.29) is 6.07 Å². The van der Waals surface area contributed by atoms with Crippen LogP contribution in [0.4, 0.5) is 32.6 Å². The third-order valence-corrected chi connectivity index (χ3v) is 5.75. The fraction of sp³-hybridized carbons (Fsp3) is 0.438. The Morgan fingerprint density at radius 1 is 1.11 bits per heavy atom. The molecule has 3 nitrogen and oxygen atoms in total. The largest absolute Gasteiger partial charge is 0.433 e. The zero-order chi connectivity index (χ0) is 21.0. The summed E-state index contributed by atoms with van der Waals surface area (Å²) in [4.78, 5) is 0.359. The number of aliphatic hydroxyl groups is 1. The van der Waals surface area contributed by atoms with Crippen LogP contribution < -0.4 is 5.32 Å². The summed E-state index contributed by atoms with van der Waals surface area (Å²) in [5.41, 5.74) is -3.83. The number of rotatable bonds is 3. The molecule has 2 aromatic rings. The number of alkyl halides is 3. The van der Waals surface area contributed by atoms with E-state index in [4.69, 9.17) is 0 Å². The highest BCUT2D eigenvalue weighted by molar-refractivity contribution is 8.46. The summed E-state index contributed by atoms with van der Waals surface area (Å²) in [5.74, 6) is 0. The van der Waals surface area contributed by atoms with Gasteiger partial charge < -0.3 is 10.4 Å². The van der Waals surface area contributed by atoms with Gasteiger partial charge in [-0.3, -0.25) is 0 Å². The summed E-state index contributed by atoms with van der Waals surface area (Å²) >= 11 is 0.